The number of H-pyrrole nitrogens is 1. The maximum absolute atomic E-state index is 13.0. The van der Waals surface area contributed by atoms with Crippen molar-refractivity contribution in [1.82, 2.24) is 25.1 Å². The van der Waals surface area contributed by atoms with E-state index in [4.69, 9.17) is 5.73 Å². The zero-order valence-electron chi connectivity index (χ0n) is 14.4. The molecule has 3 heterocycles. The molecule has 1 aliphatic carbocycles. The molecule has 4 rings (SSSR count). The van der Waals surface area contributed by atoms with E-state index in [0.29, 0.717) is 17.4 Å². The monoisotopic (exact) mass is 340 g/mol. The van der Waals surface area contributed by atoms with Gasteiger partial charge in [0.15, 0.2) is 5.69 Å². The second kappa shape index (κ2) is 6.82. The van der Waals surface area contributed by atoms with Gasteiger partial charge in [-0.15, -0.1) is 0 Å². The van der Waals surface area contributed by atoms with Crippen LogP contribution in [0, 0.1) is 5.92 Å². The summed E-state index contributed by atoms with van der Waals surface area (Å²) in [7, 11) is 0. The van der Waals surface area contributed by atoms with Gasteiger partial charge in [0.05, 0.1) is 5.69 Å². The fourth-order valence-corrected chi connectivity index (χ4v) is 4.03. The number of hydrogen-bond donors (Lipinski definition) is 2. The predicted octanol–water partition coefficient (Wildman–Crippen LogP) is 1.76. The average Bonchev–Trinajstić information content (AvgIpc) is 3.07. The molecule has 0 aromatic carbocycles. The molecular formula is C18H24N6O. The highest BCUT2D eigenvalue weighted by Gasteiger charge is 2.29. The van der Waals surface area contributed by atoms with Crippen molar-refractivity contribution in [3.8, 4) is 0 Å². The number of aromatic nitrogens is 4. The van der Waals surface area contributed by atoms with Crippen molar-refractivity contribution in [2.24, 2.45) is 5.92 Å². The van der Waals surface area contributed by atoms with Crippen LogP contribution in [0.1, 0.15) is 53.1 Å². The molecule has 0 radical (unpaired) electrons. The Bertz CT molecular complexity index is 771. The van der Waals surface area contributed by atoms with E-state index in [1.807, 2.05) is 4.90 Å². The second-order valence-corrected chi connectivity index (χ2v) is 7.09. The fourth-order valence-electron chi connectivity index (χ4n) is 4.03. The largest absolute Gasteiger partial charge is 0.382 e. The first-order valence-electron chi connectivity index (χ1n) is 9.13. The van der Waals surface area contributed by atoms with Crippen LogP contribution in [0.5, 0.6) is 0 Å². The standard InChI is InChI=1S/C18H24N6O/c19-17-15(20-7-8-21-17)10-12-4-3-9-24(11-12)18(25)16-13-5-1-2-6-14(13)22-23-16/h7-8,12H,1-6,9-11H2,(H2,19,21)(H,22,23). The molecule has 1 unspecified atom stereocenters. The normalized spacial score (nSPS) is 20.3. The zero-order valence-corrected chi connectivity index (χ0v) is 14.4. The number of nitrogens with zero attached hydrogens (tertiary/aromatic N) is 4. The van der Waals surface area contributed by atoms with E-state index < -0.39 is 0 Å². The minimum absolute atomic E-state index is 0.0659. The molecule has 1 saturated heterocycles. The third kappa shape index (κ3) is 3.23. The summed E-state index contributed by atoms with van der Waals surface area (Å²) in [4.78, 5) is 23.4. The Morgan fingerprint density at radius 1 is 1.24 bits per heavy atom. The minimum atomic E-state index is 0.0659. The van der Waals surface area contributed by atoms with Crippen molar-refractivity contribution < 1.29 is 4.79 Å². The van der Waals surface area contributed by atoms with Crippen LogP contribution in [0.25, 0.3) is 0 Å². The maximum Gasteiger partial charge on any atom is 0.274 e. The molecule has 1 atom stereocenters. The molecule has 0 saturated carbocycles. The summed E-state index contributed by atoms with van der Waals surface area (Å²) in [5.74, 6) is 0.926. The molecule has 2 aromatic rings. The lowest BCUT2D eigenvalue weighted by molar-refractivity contribution is 0.0665. The first-order chi connectivity index (χ1) is 12.2. The highest BCUT2D eigenvalue weighted by atomic mass is 16.2. The van der Waals surface area contributed by atoms with E-state index in [0.717, 1.165) is 68.6 Å². The van der Waals surface area contributed by atoms with Crippen molar-refractivity contribution in [2.75, 3.05) is 18.8 Å². The minimum Gasteiger partial charge on any atom is -0.382 e. The molecule has 2 aliphatic rings. The van der Waals surface area contributed by atoms with E-state index in [2.05, 4.69) is 20.2 Å². The van der Waals surface area contributed by atoms with E-state index in [9.17, 15) is 4.79 Å². The molecule has 7 heteroatoms. The molecular weight excluding hydrogens is 316 g/mol. The highest BCUT2D eigenvalue weighted by molar-refractivity contribution is 5.94. The van der Waals surface area contributed by atoms with Crippen molar-refractivity contribution in [1.29, 1.82) is 0 Å². The van der Waals surface area contributed by atoms with Crippen LogP contribution in [0.2, 0.25) is 0 Å². The van der Waals surface area contributed by atoms with Gasteiger partial charge in [0, 0.05) is 36.7 Å². The Balaban J connectivity index is 1.47. The first-order valence-corrected chi connectivity index (χ1v) is 9.13. The summed E-state index contributed by atoms with van der Waals surface area (Å²) >= 11 is 0. The quantitative estimate of drug-likeness (QED) is 0.886. The van der Waals surface area contributed by atoms with E-state index >= 15 is 0 Å². The van der Waals surface area contributed by atoms with Crippen LogP contribution in [-0.4, -0.2) is 44.1 Å². The summed E-state index contributed by atoms with van der Waals surface area (Å²) in [6.07, 6.45) is 10.4. The first kappa shape index (κ1) is 16.1. The number of amides is 1. The molecule has 0 spiro atoms. The summed E-state index contributed by atoms with van der Waals surface area (Å²) in [6, 6.07) is 0. The maximum atomic E-state index is 13.0. The third-order valence-electron chi connectivity index (χ3n) is 5.35. The number of rotatable bonds is 3. The van der Waals surface area contributed by atoms with Crippen molar-refractivity contribution in [3.05, 3.63) is 35.0 Å². The van der Waals surface area contributed by atoms with Crippen LogP contribution >= 0.6 is 0 Å². The Morgan fingerprint density at radius 3 is 2.96 bits per heavy atom. The van der Waals surface area contributed by atoms with Crippen molar-refractivity contribution in [3.63, 3.8) is 0 Å². The van der Waals surface area contributed by atoms with Gasteiger partial charge in [-0.2, -0.15) is 5.10 Å². The van der Waals surface area contributed by atoms with Gasteiger partial charge >= 0.3 is 0 Å². The van der Waals surface area contributed by atoms with Crippen LogP contribution in [0.15, 0.2) is 12.4 Å². The van der Waals surface area contributed by atoms with Gasteiger partial charge in [-0.05, 0) is 50.9 Å². The molecule has 1 amide bonds. The molecule has 3 N–H and O–H groups in total. The number of anilines is 1. The molecule has 1 aliphatic heterocycles. The number of nitrogens with two attached hydrogens (primary N) is 1. The number of fused-ring (bicyclic) bond motifs is 1. The van der Waals surface area contributed by atoms with Crippen molar-refractivity contribution in [2.45, 2.75) is 44.9 Å². The number of likely N-dealkylation sites (tertiary alicyclic amines) is 1. The summed E-state index contributed by atoms with van der Waals surface area (Å²) < 4.78 is 0. The molecule has 2 aromatic heterocycles. The Hall–Kier alpha value is -2.44. The number of hydrogen-bond acceptors (Lipinski definition) is 5. The summed E-state index contributed by atoms with van der Waals surface area (Å²) in [5.41, 5.74) is 9.67. The SMILES string of the molecule is Nc1nccnc1CC1CCCN(C(=O)c2n[nH]c3c2CCCC3)C1. The molecule has 1 fully saturated rings. The van der Waals surface area contributed by atoms with Crippen LogP contribution in [0.3, 0.4) is 0 Å². The molecule has 132 valence electrons. The highest BCUT2D eigenvalue weighted by Crippen LogP contribution is 2.26. The number of nitrogen functional groups attached to an aromatic ring is 1. The van der Waals surface area contributed by atoms with Crippen molar-refractivity contribution >= 4 is 11.7 Å². The lowest BCUT2D eigenvalue weighted by Crippen LogP contribution is -2.41. The number of piperidine rings is 1. The Kier molecular flexibility index (Phi) is 4.38. The topological polar surface area (TPSA) is 101 Å². The van der Waals surface area contributed by atoms with Gasteiger partial charge in [-0.1, -0.05) is 0 Å². The van der Waals surface area contributed by atoms with Gasteiger partial charge in [-0.3, -0.25) is 14.9 Å². The van der Waals surface area contributed by atoms with Gasteiger partial charge < -0.3 is 10.6 Å². The van der Waals surface area contributed by atoms with Crippen LogP contribution in [-0.2, 0) is 19.3 Å². The van der Waals surface area contributed by atoms with Gasteiger partial charge in [0.2, 0.25) is 0 Å². The number of carbonyl (C=O) groups is 1. The number of aryl methyl sites for hydroxylation is 1. The number of aromatic amines is 1. The van der Waals surface area contributed by atoms with Crippen LogP contribution < -0.4 is 5.73 Å². The molecule has 7 nitrogen and oxygen atoms in total. The summed E-state index contributed by atoms with van der Waals surface area (Å²) in [5, 5.41) is 7.41. The Labute approximate surface area is 147 Å². The number of nitrogens with one attached hydrogen (secondary N) is 1. The predicted molar refractivity (Wildman–Crippen MR) is 94.0 cm³/mol. The average molecular weight is 340 g/mol. The van der Waals surface area contributed by atoms with Gasteiger partial charge in [0.25, 0.3) is 5.91 Å². The van der Waals surface area contributed by atoms with E-state index in [1.165, 1.54) is 6.42 Å². The third-order valence-corrected chi connectivity index (χ3v) is 5.35. The summed E-state index contributed by atoms with van der Waals surface area (Å²) in [6.45, 7) is 1.53. The lowest BCUT2D eigenvalue weighted by atomic mass is 9.92. The fraction of sp³-hybridized carbons (Fsp3) is 0.556. The van der Waals surface area contributed by atoms with E-state index in [-0.39, 0.29) is 5.91 Å². The lowest BCUT2D eigenvalue weighted by Gasteiger charge is -2.32. The van der Waals surface area contributed by atoms with Gasteiger partial charge in [-0.25, -0.2) is 4.98 Å². The Morgan fingerprint density at radius 2 is 2.08 bits per heavy atom. The zero-order chi connectivity index (χ0) is 17.2. The van der Waals surface area contributed by atoms with Gasteiger partial charge in [0.1, 0.15) is 5.82 Å². The number of carbonyl (C=O) groups excluding carboxylic acids is 1. The second-order valence-electron chi connectivity index (χ2n) is 7.09. The van der Waals surface area contributed by atoms with E-state index in [1.54, 1.807) is 12.4 Å². The molecule has 0 bridgehead atoms. The van der Waals surface area contributed by atoms with Crippen LogP contribution in [0.4, 0.5) is 5.82 Å². The smallest absolute Gasteiger partial charge is 0.274 e. The molecule has 25 heavy (non-hydrogen) atoms.